The van der Waals surface area contributed by atoms with Gasteiger partial charge in [-0.05, 0) is 5.56 Å². The summed E-state index contributed by atoms with van der Waals surface area (Å²) in [5.41, 5.74) is 2.82. The van der Waals surface area contributed by atoms with Crippen LogP contribution in [0.3, 0.4) is 0 Å². The Hall–Kier alpha value is -0.235. The van der Waals surface area contributed by atoms with E-state index in [1.54, 1.807) is 0 Å². The summed E-state index contributed by atoms with van der Waals surface area (Å²) in [6.45, 7) is 2.21. The van der Waals surface area contributed by atoms with E-state index < -0.39 is 0 Å². The molecule has 0 bridgehead atoms. The van der Waals surface area contributed by atoms with Crippen LogP contribution >= 0.6 is 15.9 Å². The van der Waals surface area contributed by atoms with Crippen molar-refractivity contribution in [1.82, 2.24) is 0 Å². The van der Waals surface area contributed by atoms with Gasteiger partial charge in [0.05, 0.1) is 0 Å². The molecule has 11 heavy (non-hydrogen) atoms. The molecule has 58 valence electrons. The fraction of sp³-hybridized carbons (Fsp3) is 0.333. The fourth-order valence-electron chi connectivity index (χ4n) is 1.16. The second-order valence-electron chi connectivity index (χ2n) is 2.70. The Kier molecular flexibility index (Phi) is 3.71. The Morgan fingerprint density at radius 3 is 2.73 bits per heavy atom. The smallest absolute Gasteiger partial charge is 0.0891 e. The lowest BCUT2D eigenvalue weighted by atomic mass is 9.75. The molecule has 0 N–H and O–H groups in total. The lowest BCUT2D eigenvalue weighted by molar-refractivity contribution is 1.32. The summed E-state index contributed by atoms with van der Waals surface area (Å²) in [6, 6.07) is 8.73. The van der Waals surface area contributed by atoms with E-state index in [4.69, 9.17) is 0 Å². The van der Waals surface area contributed by atoms with Crippen LogP contribution in [0.4, 0.5) is 0 Å². The summed E-state index contributed by atoms with van der Waals surface area (Å²) in [5.74, 6) is 0. The maximum atomic E-state index is 3.44. The van der Waals surface area contributed by atoms with Crippen LogP contribution in [-0.2, 0) is 11.7 Å². The minimum Gasteiger partial charge on any atom is -0.0891 e. The molecule has 0 atom stereocenters. The Morgan fingerprint density at radius 2 is 2.09 bits per heavy atom. The lowest BCUT2D eigenvalue weighted by Gasteiger charge is -1.99. The molecule has 0 aliphatic rings. The highest BCUT2D eigenvalue weighted by Crippen LogP contribution is 2.08. The average molecular weight is 211 g/mol. The number of rotatable bonds is 3. The van der Waals surface area contributed by atoms with Crippen molar-refractivity contribution in [1.29, 1.82) is 0 Å². The molecule has 0 unspecified atom stereocenters. The molecule has 1 rings (SSSR count). The molecule has 2 heteroatoms. The average Bonchev–Trinajstić information content (AvgIpc) is 2.06. The first-order valence-electron chi connectivity index (χ1n) is 4.00. The van der Waals surface area contributed by atoms with E-state index in [2.05, 4.69) is 47.0 Å². The van der Waals surface area contributed by atoms with Crippen LogP contribution in [0.5, 0.6) is 0 Å². The normalized spacial score (nSPS) is 9.64. The van der Waals surface area contributed by atoms with Gasteiger partial charge in [-0.25, -0.2) is 0 Å². The monoisotopic (exact) mass is 210 g/mol. The standard InChI is InChI=1S/C9H12BBr/c1-10-6-8-3-2-4-9(5-8)7-11/h2-5,10H,6-7H2,1H3. The van der Waals surface area contributed by atoms with E-state index in [0.29, 0.717) is 0 Å². The van der Waals surface area contributed by atoms with Crippen molar-refractivity contribution in [3.05, 3.63) is 35.4 Å². The van der Waals surface area contributed by atoms with Gasteiger partial charge in [0.2, 0.25) is 0 Å². The highest BCUT2D eigenvalue weighted by atomic mass is 79.9. The first-order chi connectivity index (χ1) is 5.36. The van der Waals surface area contributed by atoms with Crippen LogP contribution in [0.2, 0.25) is 6.82 Å². The molecule has 0 radical (unpaired) electrons. The van der Waals surface area contributed by atoms with Gasteiger partial charge in [0.15, 0.2) is 0 Å². The molecular weight excluding hydrogens is 199 g/mol. The molecule has 0 amide bonds. The highest BCUT2D eigenvalue weighted by molar-refractivity contribution is 9.08. The van der Waals surface area contributed by atoms with Gasteiger partial charge in [0.1, 0.15) is 7.28 Å². The largest absolute Gasteiger partial charge is 0.122 e. The van der Waals surface area contributed by atoms with Crippen LogP contribution in [0.25, 0.3) is 0 Å². The number of halogens is 1. The second-order valence-corrected chi connectivity index (χ2v) is 3.26. The Bertz CT molecular complexity index is 223. The van der Waals surface area contributed by atoms with Gasteiger partial charge in [-0.15, -0.1) is 0 Å². The van der Waals surface area contributed by atoms with E-state index >= 15 is 0 Å². The van der Waals surface area contributed by atoms with E-state index in [1.165, 1.54) is 24.7 Å². The fourth-order valence-corrected chi connectivity index (χ4v) is 1.51. The van der Waals surface area contributed by atoms with Crippen LogP contribution in [-0.4, -0.2) is 7.28 Å². The summed E-state index contributed by atoms with van der Waals surface area (Å²) >= 11 is 3.44. The van der Waals surface area contributed by atoms with Crippen molar-refractivity contribution in [2.24, 2.45) is 0 Å². The van der Waals surface area contributed by atoms with Crippen molar-refractivity contribution < 1.29 is 0 Å². The zero-order chi connectivity index (χ0) is 8.10. The van der Waals surface area contributed by atoms with Crippen LogP contribution in [0, 0.1) is 0 Å². The minimum atomic E-state index is 0.963. The molecule has 1 aromatic rings. The molecule has 1 aromatic carbocycles. The predicted molar refractivity (Wildman–Crippen MR) is 55.8 cm³/mol. The van der Waals surface area contributed by atoms with E-state index in [9.17, 15) is 0 Å². The third kappa shape index (κ3) is 2.70. The summed E-state index contributed by atoms with van der Waals surface area (Å²) in [6.07, 6.45) is 1.20. The third-order valence-corrected chi connectivity index (χ3v) is 2.33. The van der Waals surface area contributed by atoms with Gasteiger partial charge in [0, 0.05) is 5.33 Å². The van der Waals surface area contributed by atoms with Crippen molar-refractivity contribution in [2.45, 2.75) is 18.5 Å². The quantitative estimate of drug-likeness (QED) is 0.532. The topological polar surface area (TPSA) is 0 Å². The van der Waals surface area contributed by atoms with E-state index in [1.807, 2.05) is 0 Å². The van der Waals surface area contributed by atoms with Crippen molar-refractivity contribution in [2.75, 3.05) is 0 Å². The lowest BCUT2D eigenvalue weighted by Crippen LogP contribution is -1.91. The molecule has 0 saturated carbocycles. The van der Waals surface area contributed by atoms with Gasteiger partial charge < -0.3 is 0 Å². The Balaban J connectivity index is 2.74. The van der Waals surface area contributed by atoms with E-state index in [-0.39, 0.29) is 0 Å². The number of hydrogen-bond donors (Lipinski definition) is 0. The summed E-state index contributed by atoms with van der Waals surface area (Å²) in [4.78, 5) is 0. The van der Waals surface area contributed by atoms with Gasteiger partial charge in [-0.3, -0.25) is 0 Å². The molecule has 0 heterocycles. The zero-order valence-electron chi connectivity index (χ0n) is 6.81. The van der Waals surface area contributed by atoms with Gasteiger partial charge in [-0.2, -0.15) is 0 Å². The molecule has 0 fully saturated rings. The molecular formula is C9H12BBr. The number of benzene rings is 1. The number of alkyl halides is 1. The third-order valence-electron chi connectivity index (χ3n) is 1.68. The molecule has 0 aliphatic heterocycles. The molecule has 0 aromatic heterocycles. The van der Waals surface area contributed by atoms with Gasteiger partial charge >= 0.3 is 0 Å². The molecule has 0 saturated heterocycles. The number of hydrogen-bond acceptors (Lipinski definition) is 0. The van der Waals surface area contributed by atoms with Gasteiger partial charge in [0.25, 0.3) is 0 Å². The van der Waals surface area contributed by atoms with E-state index in [0.717, 1.165) is 5.33 Å². The molecule has 0 aliphatic carbocycles. The van der Waals surface area contributed by atoms with Crippen molar-refractivity contribution in [3.63, 3.8) is 0 Å². The van der Waals surface area contributed by atoms with Crippen LogP contribution < -0.4 is 0 Å². The predicted octanol–water partition coefficient (Wildman–Crippen LogP) is 2.57. The Morgan fingerprint density at radius 1 is 1.36 bits per heavy atom. The highest BCUT2D eigenvalue weighted by Gasteiger charge is 1.93. The summed E-state index contributed by atoms with van der Waals surface area (Å²) in [7, 11) is 1.23. The van der Waals surface area contributed by atoms with Crippen LogP contribution in [0.15, 0.2) is 24.3 Å². The first-order valence-corrected chi connectivity index (χ1v) is 5.12. The van der Waals surface area contributed by atoms with Crippen molar-refractivity contribution >= 4 is 23.2 Å². The zero-order valence-corrected chi connectivity index (χ0v) is 8.39. The SMILES string of the molecule is CBCc1cccc(CBr)c1. The van der Waals surface area contributed by atoms with Gasteiger partial charge in [-0.1, -0.05) is 58.9 Å². The molecule has 0 spiro atoms. The maximum Gasteiger partial charge on any atom is 0.122 e. The van der Waals surface area contributed by atoms with Crippen LogP contribution in [0.1, 0.15) is 11.1 Å². The Labute approximate surface area is 77.4 Å². The maximum absolute atomic E-state index is 3.44. The van der Waals surface area contributed by atoms with Crippen molar-refractivity contribution in [3.8, 4) is 0 Å². The molecule has 0 nitrogen and oxygen atoms in total. The summed E-state index contributed by atoms with van der Waals surface area (Å²) in [5, 5.41) is 0.963. The summed E-state index contributed by atoms with van der Waals surface area (Å²) < 4.78 is 0. The minimum absolute atomic E-state index is 0.963. The first kappa shape index (κ1) is 8.86. The second kappa shape index (κ2) is 4.60.